The molecule has 0 bridgehead atoms. The van der Waals surface area contributed by atoms with Gasteiger partial charge in [0.2, 0.25) is 0 Å². The number of carbonyl (C=O) groups excluding carboxylic acids is 2. The SMILES string of the molecule is CCCCC/C=C\C/C=C\CCCCCCCC(=O)OCc1c(C=O)cc(OC)c(C/C=C(\C)CCC=C(C)C)c1O. The summed E-state index contributed by atoms with van der Waals surface area (Å²) in [6, 6.07) is 1.61. The van der Waals surface area contributed by atoms with E-state index in [4.69, 9.17) is 9.47 Å². The van der Waals surface area contributed by atoms with Gasteiger partial charge in [0, 0.05) is 23.1 Å². The summed E-state index contributed by atoms with van der Waals surface area (Å²) in [6.45, 7) is 8.33. The van der Waals surface area contributed by atoms with Crippen molar-refractivity contribution in [3.05, 3.63) is 70.4 Å². The third-order valence-electron chi connectivity index (χ3n) is 7.31. The molecule has 0 aliphatic rings. The average Bonchev–Trinajstić information content (AvgIpc) is 2.97. The van der Waals surface area contributed by atoms with E-state index in [2.05, 4.69) is 64.2 Å². The number of phenolic OH excluding ortho intramolecular Hbond substituents is 1. The number of aldehydes is 1. The maximum absolute atomic E-state index is 12.4. The number of allylic oxidation sites excluding steroid dienone is 8. The third kappa shape index (κ3) is 16.4. The Morgan fingerprint density at radius 3 is 2.14 bits per heavy atom. The molecule has 1 N–H and O–H groups in total. The van der Waals surface area contributed by atoms with Crippen molar-refractivity contribution in [3.63, 3.8) is 0 Å². The van der Waals surface area contributed by atoms with E-state index in [1.54, 1.807) is 6.07 Å². The van der Waals surface area contributed by atoms with E-state index < -0.39 is 0 Å². The Morgan fingerprint density at radius 1 is 0.833 bits per heavy atom. The molecule has 0 saturated carbocycles. The van der Waals surface area contributed by atoms with Crippen LogP contribution < -0.4 is 4.74 Å². The van der Waals surface area contributed by atoms with Gasteiger partial charge in [0.15, 0.2) is 6.29 Å². The first-order valence-electron chi connectivity index (χ1n) is 15.9. The van der Waals surface area contributed by atoms with Crippen LogP contribution in [0.15, 0.2) is 53.7 Å². The first kappa shape index (κ1) is 36.9. The van der Waals surface area contributed by atoms with Crippen LogP contribution in [0.2, 0.25) is 0 Å². The molecule has 0 aliphatic carbocycles. The van der Waals surface area contributed by atoms with Crippen LogP contribution >= 0.6 is 0 Å². The van der Waals surface area contributed by atoms with Crippen molar-refractivity contribution in [2.24, 2.45) is 0 Å². The standard InChI is InChI=1S/C37H56O5/c1-6-7-8-9-10-11-12-13-14-15-16-17-18-19-20-24-36(39)42-29-34-32(28-38)27-35(41-5)33(37(34)40)26-25-31(4)23-21-22-30(2)3/h10-11,13-14,22,25,27-28,40H,6-9,12,15-21,23-24,26,29H2,1-5H3/b11-10-,14-13-,31-25+. The highest BCUT2D eigenvalue weighted by atomic mass is 16.5. The predicted molar refractivity (Wildman–Crippen MR) is 175 cm³/mol. The van der Waals surface area contributed by atoms with Crippen LogP contribution in [0.5, 0.6) is 11.5 Å². The molecule has 234 valence electrons. The Bertz CT molecular complexity index is 1040. The summed E-state index contributed by atoms with van der Waals surface area (Å²) in [4.78, 5) is 24.1. The first-order valence-corrected chi connectivity index (χ1v) is 15.9. The fourth-order valence-corrected chi connectivity index (χ4v) is 4.66. The van der Waals surface area contributed by atoms with E-state index in [1.807, 2.05) is 0 Å². The van der Waals surface area contributed by atoms with Crippen LogP contribution in [0.1, 0.15) is 139 Å². The van der Waals surface area contributed by atoms with E-state index in [1.165, 1.54) is 50.4 Å². The number of benzene rings is 1. The van der Waals surface area contributed by atoms with Crippen LogP contribution in [-0.2, 0) is 22.6 Å². The molecule has 0 aromatic heterocycles. The molecule has 0 heterocycles. The highest BCUT2D eigenvalue weighted by Crippen LogP contribution is 2.35. The van der Waals surface area contributed by atoms with Gasteiger partial charge in [0.1, 0.15) is 18.1 Å². The van der Waals surface area contributed by atoms with Gasteiger partial charge in [-0.1, -0.05) is 86.6 Å². The molecule has 1 rings (SSSR count). The van der Waals surface area contributed by atoms with Crippen molar-refractivity contribution < 1.29 is 24.2 Å². The molecule has 0 atom stereocenters. The Hall–Kier alpha value is -3.08. The zero-order valence-electron chi connectivity index (χ0n) is 27.0. The van der Waals surface area contributed by atoms with Gasteiger partial charge in [-0.15, -0.1) is 0 Å². The zero-order chi connectivity index (χ0) is 31.0. The molecular weight excluding hydrogens is 524 g/mol. The number of aromatic hydroxyl groups is 1. The predicted octanol–water partition coefficient (Wildman–Crippen LogP) is 10.3. The van der Waals surface area contributed by atoms with Gasteiger partial charge in [-0.05, 0) is 84.6 Å². The van der Waals surface area contributed by atoms with E-state index in [0.29, 0.717) is 36.0 Å². The highest BCUT2D eigenvalue weighted by molar-refractivity contribution is 5.81. The van der Waals surface area contributed by atoms with E-state index in [0.717, 1.165) is 51.4 Å². The summed E-state index contributed by atoms with van der Waals surface area (Å²) in [6.07, 6.45) is 29.0. The summed E-state index contributed by atoms with van der Waals surface area (Å²) >= 11 is 0. The number of hydrogen-bond donors (Lipinski definition) is 1. The van der Waals surface area contributed by atoms with Crippen LogP contribution in [-0.4, -0.2) is 24.5 Å². The molecule has 0 fully saturated rings. The molecule has 42 heavy (non-hydrogen) atoms. The van der Waals surface area contributed by atoms with E-state index >= 15 is 0 Å². The maximum atomic E-state index is 12.4. The number of ether oxygens (including phenoxy) is 2. The first-order chi connectivity index (χ1) is 20.3. The summed E-state index contributed by atoms with van der Waals surface area (Å²) < 4.78 is 10.9. The number of esters is 1. The molecule has 0 amide bonds. The Morgan fingerprint density at radius 2 is 1.50 bits per heavy atom. The van der Waals surface area contributed by atoms with Gasteiger partial charge in [0.05, 0.1) is 7.11 Å². The normalized spacial score (nSPS) is 11.8. The quantitative estimate of drug-likeness (QED) is 0.0603. The Kier molecular flexibility index (Phi) is 20.7. The highest BCUT2D eigenvalue weighted by Gasteiger charge is 2.19. The number of unbranched alkanes of at least 4 members (excludes halogenated alkanes) is 8. The largest absolute Gasteiger partial charge is 0.507 e. The molecule has 1 aromatic carbocycles. The van der Waals surface area contributed by atoms with Gasteiger partial charge in [0.25, 0.3) is 0 Å². The molecular formula is C37H56O5. The molecule has 0 radical (unpaired) electrons. The number of hydrogen-bond acceptors (Lipinski definition) is 5. The van der Waals surface area contributed by atoms with Crippen molar-refractivity contribution >= 4 is 12.3 Å². The second-order valence-electron chi connectivity index (χ2n) is 11.3. The average molecular weight is 581 g/mol. The topological polar surface area (TPSA) is 72.8 Å². The van der Waals surface area contributed by atoms with Crippen LogP contribution in [0.4, 0.5) is 0 Å². The fourth-order valence-electron chi connectivity index (χ4n) is 4.66. The van der Waals surface area contributed by atoms with Crippen molar-refractivity contribution in [2.75, 3.05) is 7.11 Å². The smallest absolute Gasteiger partial charge is 0.306 e. The number of phenols is 1. The minimum Gasteiger partial charge on any atom is -0.507 e. The molecule has 5 heteroatoms. The molecule has 5 nitrogen and oxygen atoms in total. The second kappa shape index (κ2) is 23.5. The zero-order valence-corrected chi connectivity index (χ0v) is 27.0. The maximum Gasteiger partial charge on any atom is 0.306 e. The number of methoxy groups -OCH3 is 1. The Labute approximate surface area is 255 Å². The van der Waals surface area contributed by atoms with Crippen molar-refractivity contribution in [2.45, 2.75) is 131 Å². The third-order valence-corrected chi connectivity index (χ3v) is 7.31. The number of rotatable bonds is 23. The second-order valence-corrected chi connectivity index (χ2v) is 11.3. The lowest BCUT2D eigenvalue weighted by Gasteiger charge is -2.16. The lowest BCUT2D eigenvalue weighted by atomic mass is 9.98. The van der Waals surface area contributed by atoms with Crippen molar-refractivity contribution in [3.8, 4) is 11.5 Å². The lowest BCUT2D eigenvalue weighted by Crippen LogP contribution is -2.08. The van der Waals surface area contributed by atoms with E-state index in [-0.39, 0.29) is 23.9 Å². The minimum absolute atomic E-state index is 0.0466. The van der Waals surface area contributed by atoms with Crippen LogP contribution in [0.3, 0.4) is 0 Å². The van der Waals surface area contributed by atoms with Gasteiger partial charge in [-0.3, -0.25) is 9.59 Å². The Balaban J connectivity index is 2.45. The van der Waals surface area contributed by atoms with Gasteiger partial charge in [-0.2, -0.15) is 0 Å². The van der Waals surface area contributed by atoms with Crippen molar-refractivity contribution in [1.29, 1.82) is 0 Å². The van der Waals surface area contributed by atoms with Crippen LogP contribution in [0, 0.1) is 0 Å². The minimum atomic E-state index is -0.315. The molecule has 1 aromatic rings. The molecule has 0 spiro atoms. The van der Waals surface area contributed by atoms with Gasteiger partial charge >= 0.3 is 5.97 Å². The van der Waals surface area contributed by atoms with Gasteiger partial charge in [-0.25, -0.2) is 0 Å². The summed E-state index contributed by atoms with van der Waals surface area (Å²) in [7, 11) is 1.52. The van der Waals surface area contributed by atoms with Crippen molar-refractivity contribution in [1.82, 2.24) is 0 Å². The lowest BCUT2D eigenvalue weighted by molar-refractivity contribution is -0.145. The number of carbonyl (C=O) groups is 2. The fraction of sp³-hybridized carbons (Fsp3) is 0.568. The van der Waals surface area contributed by atoms with Crippen LogP contribution in [0.25, 0.3) is 0 Å². The molecule has 0 saturated heterocycles. The van der Waals surface area contributed by atoms with Gasteiger partial charge < -0.3 is 14.6 Å². The van der Waals surface area contributed by atoms with E-state index in [9.17, 15) is 14.7 Å². The monoisotopic (exact) mass is 580 g/mol. The molecule has 0 unspecified atom stereocenters. The summed E-state index contributed by atoms with van der Waals surface area (Å²) in [5.74, 6) is 0.0853. The molecule has 0 aliphatic heterocycles. The summed E-state index contributed by atoms with van der Waals surface area (Å²) in [5.41, 5.74) is 3.68. The summed E-state index contributed by atoms with van der Waals surface area (Å²) in [5, 5.41) is 11.0.